The molecule has 1 heterocycles. The number of amides is 1. The number of fused-ring (bicyclic) bond motifs is 1. The summed E-state index contributed by atoms with van der Waals surface area (Å²) in [6, 6.07) is 11.4. The smallest absolute Gasteiger partial charge is 0.225 e. The quantitative estimate of drug-likeness (QED) is 0.936. The van der Waals surface area contributed by atoms with Gasteiger partial charge in [0.25, 0.3) is 0 Å². The highest BCUT2D eigenvalue weighted by Gasteiger charge is 2.30. The van der Waals surface area contributed by atoms with Gasteiger partial charge in [0, 0.05) is 17.4 Å². The highest BCUT2D eigenvalue weighted by atomic mass is 35.5. The second-order valence-corrected chi connectivity index (χ2v) is 5.56. The molecule has 22 heavy (non-hydrogen) atoms. The minimum Gasteiger partial charge on any atom is -0.493 e. The number of halogens is 1. The fourth-order valence-electron chi connectivity index (χ4n) is 2.87. The molecule has 0 fully saturated rings. The first kappa shape index (κ1) is 14.7. The van der Waals surface area contributed by atoms with Crippen molar-refractivity contribution in [3.8, 4) is 11.5 Å². The molecule has 1 N–H and O–H groups in total. The minimum atomic E-state index is -0.0535. The third-order valence-electron chi connectivity index (χ3n) is 3.86. The van der Waals surface area contributed by atoms with E-state index < -0.39 is 0 Å². The van der Waals surface area contributed by atoms with Crippen molar-refractivity contribution in [1.29, 1.82) is 0 Å². The Morgan fingerprint density at radius 3 is 2.68 bits per heavy atom. The molecular weight excluding hydrogens is 302 g/mol. The number of anilines is 1. The van der Waals surface area contributed by atoms with Crippen molar-refractivity contribution in [3.63, 3.8) is 0 Å². The van der Waals surface area contributed by atoms with E-state index in [9.17, 15) is 4.79 Å². The van der Waals surface area contributed by atoms with Crippen LogP contribution < -0.4 is 14.8 Å². The van der Waals surface area contributed by atoms with Gasteiger partial charge >= 0.3 is 0 Å². The van der Waals surface area contributed by atoms with Gasteiger partial charge in [-0.2, -0.15) is 0 Å². The Morgan fingerprint density at radius 2 is 2.00 bits per heavy atom. The molecule has 0 aliphatic carbocycles. The van der Waals surface area contributed by atoms with Gasteiger partial charge in [-0.25, -0.2) is 0 Å². The van der Waals surface area contributed by atoms with Crippen LogP contribution in [0.3, 0.4) is 0 Å². The number of carbonyl (C=O) groups excluding carboxylic acids is 1. The maximum absolute atomic E-state index is 12.1. The maximum Gasteiger partial charge on any atom is 0.225 e. The Morgan fingerprint density at radius 1 is 1.18 bits per heavy atom. The number of hydrogen-bond donors (Lipinski definition) is 1. The molecule has 1 unspecified atom stereocenters. The van der Waals surface area contributed by atoms with Crippen LogP contribution in [0.1, 0.15) is 23.5 Å². The molecule has 0 aromatic heterocycles. The molecule has 1 amide bonds. The number of hydrogen-bond acceptors (Lipinski definition) is 3. The zero-order chi connectivity index (χ0) is 15.7. The van der Waals surface area contributed by atoms with Crippen LogP contribution in [0.4, 0.5) is 5.69 Å². The van der Waals surface area contributed by atoms with Crippen LogP contribution in [0, 0.1) is 0 Å². The number of nitrogens with one attached hydrogen (secondary N) is 1. The van der Waals surface area contributed by atoms with Gasteiger partial charge in [-0.3, -0.25) is 4.79 Å². The summed E-state index contributed by atoms with van der Waals surface area (Å²) >= 11 is 6.09. The number of rotatable bonds is 3. The first-order valence-electron chi connectivity index (χ1n) is 6.94. The molecule has 5 heteroatoms. The molecule has 1 atom stereocenters. The molecule has 2 aromatic rings. The van der Waals surface area contributed by atoms with E-state index in [-0.39, 0.29) is 11.8 Å². The Balaban J connectivity index is 2.16. The first-order chi connectivity index (χ1) is 10.6. The average Bonchev–Trinajstić information content (AvgIpc) is 2.52. The summed E-state index contributed by atoms with van der Waals surface area (Å²) in [4.78, 5) is 12.1. The zero-order valence-electron chi connectivity index (χ0n) is 12.4. The van der Waals surface area contributed by atoms with E-state index in [4.69, 9.17) is 21.1 Å². The largest absolute Gasteiger partial charge is 0.493 e. The van der Waals surface area contributed by atoms with Crippen LogP contribution in [-0.4, -0.2) is 20.1 Å². The SMILES string of the molecule is COc1ccc2c(c1OC)NC(=O)CC2c1cccc(Cl)c1. The normalized spacial score (nSPS) is 16.7. The molecule has 3 rings (SSSR count). The molecule has 0 radical (unpaired) electrons. The molecule has 0 saturated heterocycles. The summed E-state index contributed by atoms with van der Waals surface area (Å²) in [5.41, 5.74) is 2.68. The van der Waals surface area contributed by atoms with Crippen LogP contribution in [0.15, 0.2) is 36.4 Å². The summed E-state index contributed by atoms with van der Waals surface area (Å²) < 4.78 is 10.7. The second kappa shape index (κ2) is 5.89. The van der Waals surface area contributed by atoms with Crippen molar-refractivity contribution >= 4 is 23.2 Å². The Bertz CT molecular complexity index is 730. The predicted octanol–water partition coefficient (Wildman–Crippen LogP) is 3.83. The van der Waals surface area contributed by atoms with Gasteiger partial charge in [-0.15, -0.1) is 0 Å². The summed E-state index contributed by atoms with van der Waals surface area (Å²) in [5, 5.41) is 3.55. The van der Waals surface area contributed by atoms with Gasteiger partial charge in [0.05, 0.1) is 19.9 Å². The maximum atomic E-state index is 12.1. The summed E-state index contributed by atoms with van der Waals surface area (Å²) in [7, 11) is 3.14. The van der Waals surface area contributed by atoms with Crippen molar-refractivity contribution in [3.05, 3.63) is 52.5 Å². The van der Waals surface area contributed by atoms with Gasteiger partial charge in [0.2, 0.25) is 5.91 Å². The highest BCUT2D eigenvalue weighted by Crippen LogP contribution is 2.46. The molecule has 2 aromatic carbocycles. The summed E-state index contributed by atoms with van der Waals surface area (Å²) in [6.07, 6.45) is 0.378. The molecule has 1 aliphatic rings. The summed E-state index contributed by atoms with van der Waals surface area (Å²) in [5.74, 6) is 1.03. The van der Waals surface area contributed by atoms with Crippen LogP contribution in [0.2, 0.25) is 5.02 Å². The van der Waals surface area contributed by atoms with Crippen molar-refractivity contribution in [2.24, 2.45) is 0 Å². The van der Waals surface area contributed by atoms with E-state index in [1.165, 1.54) is 0 Å². The van der Waals surface area contributed by atoms with Crippen LogP contribution in [0.5, 0.6) is 11.5 Å². The molecule has 0 bridgehead atoms. The van der Waals surface area contributed by atoms with E-state index >= 15 is 0 Å². The van der Waals surface area contributed by atoms with Gasteiger partial charge in [-0.1, -0.05) is 29.8 Å². The van der Waals surface area contributed by atoms with Gasteiger partial charge < -0.3 is 14.8 Å². The Hall–Kier alpha value is -2.20. The first-order valence-corrected chi connectivity index (χ1v) is 7.32. The molecule has 0 spiro atoms. The summed E-state index contributed by atoms with van der Waals surface area (Å²) in [6.45, 7) is 0. The van der Waals surface area contributed by atoms with Crippen LogP contribution in [-0.2, 0) is 4.79 Å². The lowest BCUT2D eigenvalue weighted by molar-refractivity contribution is -0.116. The van der Waals surface area contributed by atoms with Crippen LogP contribution in [0.25, 0.3) is 0 Å². The van der Waals surface area contributed by atoms with Gasteiger partial charge in [0.1, 0.15) is 0 Å². The second-order valence-electron chi connectivity index (χ2n) is 5.13. The lowest BCUT2D eigenvalue weighted by Crippen LogP contribution is -2.24. The topological polar surface area (TPSA) is 47.6 Å². The molecule has 1 aliphatic heterocycles. The third-order valence-corrected chi connectivity index (χ3v) is 4.09. The number of benzene rings is 2. The highest BCUT2D eigenvalue weighted by molar-refractivity contribution is 6.30. The molecule has 4 nitrogen and oxygen atoms in total. The monoisotopic (exact) mass is 317 g/mol. The molecule has 114 valence electrons. The fourth-order valence-corrected chi connectivity index (χ4v) is 3.07. The minimum absolute atomic E-state index is 0.0518. The van der Waals surface area contributed by atoms with E-state index in [0.29, 0.717) is 28.6 Å². The zero-order valence-corrected chi connectivity index (χ0v) is 13.1. The number of carbonyl (C=O) groups is 1. The van der Waals surface area contributed by atoms with E-state index in [1.807, 2.05) is 36.4 Å². The average molecular weight is 318 g/mol. The van der Waals surface area contributed by atoms with Crippen molar-refractivity contribution < 1.29 is 14.3 Å². The van der Waals surface area contributed by atoms with Crippen LogP contribution >= 0.6 is 11.6 Å². The predicted molar refractivity (Wildman–Crippen MR) is 86.1 cm³/mol. The van der Waals surface area contributed by atoms with E-state index in [0.717, 1.165) is 11.1 Å². The van der Waals surface area contributed by atoms with Crippen molar-refractivity contribution in [2.45, 2.75) is 12.3 Å². The fraction of sp³-hybridized carbons (Fsp3) is 0.235. The lowest BCUT2D eigenvalue weighted by atomic mass is 9.84. The van der Waals surface area contributed by atoms with Crippen molar-refractivity contribution in [1.82, 2.24) is 0 Å². The van der Waals surface area contributed by atoms with Gasteiger partial charge in [0.15, 0.2) is 11.5 Å². The Labute approximate surface area is 134 Å². The number of methoxy groups -OCH3 is 2. The Kier molecular flexibility index (Phi) is 3.94. The van der Waals surface area contributed by atoms with E-state index in [1.54, 1.807) is 14.2 Å². The molecule has 0 saturated carbocycles. The van der Waals surface area contributed by atoms with E-state index in [2.05, 4.69) is 5.32 Å². The number of ether oxygens (including phenoxy) is 2. The third kappa shape index (κ3) is 2.50. The molecular formula is C17H16ClNO3. The lowest BCUT2D eigenvalue weighted by Gasteiger charge is -2.28. The van der Waals surface area contributed by atoms with Gasteiger partial charge in [-0.05, 0) is 29.3 Å². The van der Waals surface area contributed by atoms with Crippen molar-refractivity contribution in [2.75, 3.05) is 19.5 Å². The standard InChI is InChI=1S/C17H16ClNO3/c1-21-14-7-6-12-13(10-4-3-5-11(18)8-10)9-15(20)19-16(12)17(14)22-2/h3-8,13H,9H2,1-2H3,(H,19,20).